The Balaban J connectivity index is 2.14. The molecule has 0 aliphatic rings. The highest BCUT2D eigenvalue weighted by atomic mass is 16.5. The molecule has 132 valence electrons. The summed E-state index contributed by atoms with van der Waals surface area (Å²) < 4.78 is 5.56. The summed E-state index contributed by atoms with van der Waals surface area (Å²) >= 11 is 0. The third-order valence-corrected chi connectivity index (χ3v) is 4.12. The van der Waals surface area contributed by atoms with Gasteiger partial charge in [-0.1, -0.05) is 42.5 Å². The number of aryl methyl sites for hydroxylation is 1. The van der Waals surface area contributed by atoms with E-state index in [-0.39, 0.29) is 18.4 Å². The van der Waals surface area contributed by atoms with Crippen LogP contribution in [-0.2, 0) is 16.1 Å². The highest BCUT2D eigenvalue weighted by Crippen LogP contribution is 2.14. The molecule has 2 aromatic carbocycles. The van der Waals surface area contributed by atoms with Gasteiger partial charge in [-0.3, -0.25) is 9.59 Å². The van der Waals surface area contributed by atoms with Crippen molar-refractivity contribution in [2.45, 2.75) is 26.4 Å². The number of hydrogen-bond acceptors (Lipinski definition) is 3. The van der Waals surface area contributed by atoms with Gasteiger partial charge in [0.2, 0.25) is 5.91 Å². The number of carbonyl (C=O) groups is 2. The maximum Gasteiger partial charge on any atom is 0.261 e. The zero-order chi connectivity index (χ0) is 18.2. The van der Waals surface area contributed by atoms with Gasteiger partial charge in [-0.05, 0) is 37.1 Å². The van der Waals surface area contributed by atoms with E-state index in [0.29, 0.717) is 12.3 Å². The van der Waals surface area contributed by atoms with Crippen molar-refractivity contribution in [1.29, 1.82) is 0 Å². The van der Waals surface area contributed by atoms with E-state index in [9.17, 15) is 9.59 Å². The predicted octanol–water partition coefficient (Wildman–Crippen LogP) is 2.54. The molecule has 1 atom stereocenters. The van der Waals surface area contributed by atoms with Crippen molar-refractivity contribution in [3.05, 3.63) is 65.7 Å². The quantitative estimate of drug-likeness (QED) is 0.843. The number of likely N-dealkylation sites (N-methyl/N-ethyl adjacent to an activating group) is 1. The van der Waals surface area contributed by atoms with Crippen LogP contribution in [0.25, 0.3) is 0 Å². The predicted molar refractivity (Wildman–Crippen MR) is 97.2 cm³/mol. The summed E-state index contributed by atoms with van der Waals surface area (Å²) in [6.45, 7) is 3.95. The van der Waals surface area contributed by atoms with E-state index in [0.717, 1.165) is 11.1 Å². The number of nitrogens with one attached hydrogen (secondary N) is 1. The lowest BCUT2D eigenvalue weighted by Gasteiger charge is -2.28. The molecule has 0 aliphatic carbocycles. The normalized spacial score (nSPS) is 11.5. The molecule has 0 fully saturated rings. The summed E-state index contributed by atoms with van der Waals surface area (Å²) in [4.78, 5) is 26.3. The second kappa shape index (κ2) is 8.87. The minimum atomic E-state index is -0.587. The van der Waals surface area contributed by atoms with Crippen molar-refractivity contribution in [2.24, 2.45) is 0 Å². The Hall–Kier alpha value is -2.82. The number of benzene rings is 2. The molecule has 0 radical (unpaired) electrons. The van der Waals surface area contributed by atoms with Crippen molar-refractivity contribution in [3.63, 3.8) is 0 Å². The van der Waals surface area contributed by atoms with Crippen molar-refractivity contribution in [2.75, 3.05) is 13.7 Å². The van der Waals surface area contributed by atoms with E-state index < -0.39 is 6.04 Å². The average Bonchev–Trinajstić information content (AvgIpc) is 2.65. The molecule has 0 saturated carbocycles. The molecule has 2 amide bonds. The Bertz CT molecular complexity index is 716. The second-order valence-electron chi connectivity index (χ2n) is 5.84. The van der Waals surface area contributed by atoms with Crippen LogP contribution in [0.3, 0.4) is 0 Å². The molecule has 0 unspecified atom stereocenters. The summed E-state index contributed by atoms with van der Waals surface area (Å²) in [5.74, 6) is 0.184. The SMILES string of the molecule is CNC(=O)[C@@H](C)N(Cc1ccccc1C)C(=O)COc1ccccc1. The number of hydrogen-bond donors (Lipinski definition) is 1. The fraction of sp³-hybridized carbons (Fsp3) is 0.300. The summed E-state index contributed by atoms with van der Waals surface area (Å²) in [5.41, 5.74) is 2.08. The van der Waals surface area contributed by atoms with Crippen molar-refractivity contribution in [1.82, 2.24) is 10.2 Å². The van der Waals surface area contributed by atoms with Crippen molar-refractivity contribution in [3.8, 4) is 5.75 Å². The molecule has 0 spiro atoms. The Kier molecular flexibility index (Phi) is 6.57. The van der Waals surface area contributed by atoms with E-state index >= 15 is 0 Å². The van der Waals surface area contributed by atoms with Crippen LogP contribution in [-0.4, -0.2) is 36.4 Å². The van der Waals surface area contributed by atoms with Gasteiger partial charge >= 0.3 is 0 Å². The summed E-state index contributed by atoms with van der Waals surface area (Å²) in [7, 11) is 1.57. The number of carbonyl (C=O) groups excluding carboxylic acids is 2. The molecular formula is C20H24N2O3. The summed E-state index contributed by atoms with van der Waals surface area (Å²) in [6, 6.07) is 16.4. The van der Waals surface area contributed by atoms with Crippen LogP contribution in [0.1, 0.15) is 18.1 Å². The number of ether oxygens (including phenoxy) is 1. The van der Waals surface area contributed by atoms with Crippen LogP contribution in [0.5, 0.6) is 5.75 Å². The molecular weight excluding hydrogens is 316 g/mol. The Morgan fingerprint density at radius 2 is 1.72 bits per heavy atom. The van der Waals surface area contributed by atoms with E-state index in [1.165, 1.54) is 0 Å². The van der Waals surface area contributed by atoms with Gasteiger partial charge in [-0.2, -0.15) is 0 Å². The Morgan fingerprint density at radius 3 is 2.36 bits per heavy atom. The number of amides is 2. The molecule has 5 nitrogen and oxygen atoms in total. The van der Waals surface area contributed by atoms with Gasteiger partial charge in [0.1, 0.15) is 11.8 Å². The van der Waals surface area contributed by atoms with Crippen molar-refractivity contribution >= 4 is 11.8 Å². The van der Waals surface area contributed by atoms with Crippen LogP contribution in [0.2, 0.25) is 0 Å². The Morgan fingerprint density at radius 1 is 1.08 bits per heavy atom. The van der Waals surface area contributed by atoms with Gasteiger partial charge < -0.3 is 15.0 Å². The molecule has 1 N–H and O–H groups in total. The largest absolute Gasteiger partial charge is 0.484 e. The lowest BCUT2D eigenvalue weighted by molar-refractivity contribution is -0.142. The van der Waals surface area contributed by atoms with Crippen LogP contribution < -0.4 is 10.1 Å². The maximum absolute atomic E-state index is 12.7. The van der Waals surface area contributed by atoms with E-state index in [1.54, 1.807) is 31.0 Å². The van der Waals surface area contributed by atoms with Gasteiger partial charge in [0.05, 0.1) is 0 Å². The smallest absolute Gasteiger partial charge is 0.261 e. The first-order valence-electron chi connectivity index (χ1n) is 8.26. The van der Waals surface area contributed by atoms with Crippen LogP contribution in [0, 0.1) is 6.92 Å². The average molecular weight is 340 g/mol. The fourth-order valence-electron chi connectivity index (χ4n) is 2.51. The lowest BCUT2D eigenvalue weighted by atomic mass is 10.1. The maximum atomic E-state index is 12.7. The molecule has 0 bridgehead atoms. The standard InChI is InChI=1S/C20H24N2O3/c1-15-9-7-8-10-17(15)13-22(16(2)20(24)21-3)19(23)14-25-18-11-5-4-6-12-18/h4-12,16H,13-14H2,1-3H3,(H,21,24)/t16-/m1/s1. The second-order valence-corrected chi connectivity index (χ2v) is 5.84. The zero-order valence-electron chi connectivity index (χ0n) is 14.9. The van der Waals surface area contributed by atoms with E-state index in [4.69, 9.17) is 4.74 Å². The monoisotopic (exact) mass is 340 g/mol. The van der Waals surface area contributed by atoms with Gasteiger partial charge in [-0.15, -0.1) is 0 Å². The molecule has 2 rings (SSSR count). The van der Waals surface area contributed by atoms with Gasteiger partial charge in [0.15, 0.2) is 6.61 Å². The van der Waals surface area contributed by atoms with Gasteiger partial charge in [0, 0.05) is 13.6 Å². The van der Waals surface area contributed by atoms with Gasteiger partial charge in [-0.25, -0.2) is 0 Å². The molecule has 0 aromatic heterocycles. The molecule has 0 heterocycles. The minimum Gasteiger partial charge on any atom is -0.484 e. The summed E-state index contributed by atoms with van der Waals surface area (Å²) in [5, 5.41) is 2.60. The zero-order valence-corrected chi connectivity index (χ0v) is 14.9. The highest BCUT2D eigenvalue weighted by Gasteiger charge is 2.26. The number of rotatable bonds is 7. The Labute approximate surface area is 148 Å². The minimum absolute atomic E-state index is 0.114. The van der Waals surface area contributed by atoms with E-state index in [2.05, 4.69) is 5.32 Å². The lowest BCUT2D eigenvalue weighted by Crippen LogP contribution is -2.48. The number of nitrogens with zero attached hydrogens (tertiary/aromatic N) is 1. The topological polar surface area (TPSA) is 58.6 Å². The van der Waals surface area contributed by atoms with Crippen molar-refractivity contribution < 1.29 is 14.3 Å². The molecule has 0 saturated heterocycles. The molecule has 5 heteroatoms. The molecule has 25 heavy (non-hydrogen) atoms. The summed E-state index contributed by atoms with van der Waals surface area (Å²) in [6.07, 6.45) is 0. The third kappa shape index (κ3) is 5.08. The molecule has 2 aromatic rings. The first kappa shape index (κ1) is 18.5. The third-order valence-electron chi connectivity index (χ3n) is 4.12. The first-order valence-corrected chi connectivity index (χ1v) is 8.26. The van der Waals surface area contributed by atoms with Crippen LogP contribution >= 0.6 is 0 Å². The first-order chi connectivity index (χ1) is 12.0. The van der Waals surface area contributed by atoms with Gasteiger partial charge in [0.25, 0.3) is 5.91 Å². The van der Waals surface area contributed by atoms with E-state index in [1.807, 2.05) is 49.4 Å². The van der Waals surface area contributed by atoms with Crippen LogP contribution in [0.4, 0.5) is 0 Å². The number of para-hydroxylation sites is 1. The van der Waals surface area contributed by atoms with Crippen LogP contribution in [0.15, 0.2) is 54.6 Å². The fourth-order valence-corrected chi connectivity index (χ4v) is 2.51. The molecule has 0 aliphatic heterocycles. The highest BCUT2D eigenvalue weighted by molar-refractivity contribution is 5.87.